The minimum absolute atomic E-state index is 0.0642. The minimum Gasteiger partial charge on any atom is -0.495 e. The molecule has 3 aromatic rings. The van der Waals surface area contributed by atoms with Crippen molar-refractivity contribution in [3.05, 3.63) is 82.9 Å². The van der Waals surface area contributed by atoms with E-state index in [9.17, 15) is 9.59 Å². The largest absolute Gasteiger partial charge is 0.495 e. The second-order valence-electron chi connectivity index (χ2n) is 8.46. The van der Waals surface area contributed by atoms with E-state index in [2.05, 4.69) is 31.4 Å². The van der Waals surface area contributed by atoms with Crippen LogP contribution in [-0.4, -0.2) is 25.5 Å². The second-order valence-corrected chi connectivity index (χ2v) is 8.87. The predicted molar refractivity (Wildman–Crippen MR) is 132 cm³/mol. The molecule has 0 atom stereocenters. The average molecular weight is 467 g/mol. The fourth-order valence-corrected chi connectivity index (χ4v) is 3.31. The molecule has 2 amide bonds. The van der Waals surface area contributed by atoms with E-state index in [4.69, 9.17) is 21.1 Å². The quantitative estimate of drug-likeness (QED) is 0.453. The van der Waals surface area contributed by atoms with Gasteiger partial charge < -0.3 is 20.1 Å². The Labute approximate surface area is 198 Å². The maximum Gasteiger partial charge on any atom is 0.262 e. The molecular formula is C26H27ClN2O4. The van der Waals surface area contributed by atoms with E-state index in [0.717, 1.165) is 5.56 Å². The normalized spacial score (nSPS) is 10.9. The highest BCUT2D eigenvalue weighted by atomic mass is 35.5. The Bertz CT molecular complexity index is 1140. The van der Waals surface area contributed by atoms with E-state index in [0.29, 0.717) is 33.5 Å². The van der Waals surface area contributed by atoms with Crippen molar-refractivity contribution < 1.29 is 19.1 Å². The maximum absolute atomic E-state index is 12.5. The van der Waals surface area contributed by atoms with Gasteiger partial charge in [0, 0.05) is 5.69 Å². The summed E-state index contributed by atoms with van der Waals surface area (Å²) in [6, 6.07) is 19.3. The van der Waals surface area contributed by atoms with Gasteiger partial charge in [-0.1, -0.05) is 50.6 Å². The van der Waals surface area contributed by atoms with Gasteiger partial charge >= 0.3 is 0 Å². The zero-order chi connectivity index (χ0) is 24.0. The Morgan fingerprint density at radius 1 is 0.939 bits per heavy atom. The Balaban J connectivity index is 1.58. The number of hydrogen-bond acceptors (Lipinski definition) is 4. The molecule has 0 aliphatic carbocycles. The molecule has 0 aromatic heterocycles. The first-order valence-corrected chi connectivity index (χ1v) is 10.8. The second kappa shape index (κ2) is 10.4. The molecule has 0 aliphatic heterocycles. The third-order valence-corrected chi connectivity index (χ3v) is 5.27. The van der Waals surface area contributed by atoms with Gasteiger partial charge in [-0.15, -0.1) is 0 Å². The first-order valence-electron chi connectivity index (χ1n) is 10.4. The number of carbonyl (C=O) groups excluding carboxylic acids is 2. The fraction of sp³-hybridized carbons (Fsp3) is 0.231. The fourth-order valence-electron chi connectivity index (χ4n) is 3.09. The van der Waals surface area contributed by atoms with Crippen molar-refractivity contribution in [1.82, 2.24) is 0 Å². The van der Waals surface area contributed by atoms with Crippen molar-refractivity contribution in [2.45, 2.75) is 26.2 Å². The first-order chi connectivity index (χ1) is 15.7. The molecule has 0 fully saturated rings. The lowest BCUT2D eigenvalue weighted by atomic mass is 9.87. The van der Waals surface area contributed by atoms with Crippen molar-refractivity contribution in [3.63, 3.8) is 0 Å². The standard InChI is InChI=1S/C26H27ClN2O4/c1-26(2,3)17-9-14-23(32-4)22(15-17)29-24(30)16-33-19-12-10-18(11-13-19)28-25(31)20-7-5-6-8-21(20)27/h5-15H,16H2,1-4H3,(H,28,31)(H,29,30). The number of rotatable bonds is 7. The number of nitrogens with one attached hydrogen (secondary N) is 2. The summed E-state index contributed by atoms with van der Waals surface area (Å²) in [4.78, 5) is 24.8. The average Bonchev–Trinajstić information content (AvgIpc) is 2.78. The summed E-state index contributed by atoms with van der Waals surface area (Å²) >= 11 is 6.06. The topological polar surface area (TPSA) is 76.7 Å². The molecule has 33 heavy (non-hydrogen) atoms. The lowest BCUT2D eigenvalue weighted by Gasteiger charge is -2.21. The van der Waals surface area contributed by atoms with Gasteiger partial charge in [-0.3, -0.25) is 9.59 Å². The van der Waals surface area contributed by atoms with Gasteiger partial charge in [0.25, 0.3) is 11.8 Å². The summed E-state index contributed by atoms with van der Waals surface area (Å²) < 4.78 is 11.0. The Hall–Kier alpha value is -3.51. The third kappa shape index (κ3) is 6.49. The highest BCUT2D eigenvalue weighted by molar-refractivity contribution is 6.34. The van der Waals surface area contributed by atoms with Gasteiger partial charge in [0.2, 0.25) is 0 Å². The van der Waals surface area contributed by atoms with Crippen LogP contribution in [0.4, 0.5) is 11.4 Å². The van der Waals surface area contributed by atoms with Gasteiger partial charge in [-0.05, 0) is 59.5 Å². The lowest BCUT2D eigenvalue weighted by Crippen LogP contribution is -2.21. The Morgan fingerprint density at radius 3 is 2.27 bits per heavy atom. The van der Waals surface area contributed by atoms with Crippen LogP contribution in [0.15, 0.2) is 66.7 Å². The zero-order valence-electron chi connectivity index (χ0n) is 19.1. The van der Waals surface area contributed by atoms with Gasteiger partial charge in [0.15, 0.2) is 6.61 Å². The van der Waals surface area contributed by atoms with Crippen LogP contribution in [0.1, 0.15) is 36.7 Å². The van der Waals surface area contributed by atoms with Crippen LogP contribution in [0, 0.1) is 0 Å². The van der Waals surface area contributed by atoms with Crippen LogP contribution >= 0.6 is 11.6 Å². The molecule has 0 radical (unpaired) electrons. The number of halogens is 1. The smallest absolute Gasteiger partial charge is 0.262 e. The van der Waals surface area contributed by atoms with E-state index in [-0.39, 0.29) is 23.8 Å². The van der Waals surface area contributed by atoms with E-state index in [1.807, 2.05) is 18.2 Å². The zero-order valence-corrected chi connectivity index (χ0v) is 19.8. The summed E-state index contributed by atoms with van der Waals surface area (Å²) in [6.45, 7) is 6.13. The summed E-state index contributed by atoms with van der Waals surface area (Å²) in [6.07, 6.45) is 0. The van der Waals surface area contributed by atoms with Gasteiger partial charge in [0.1, 0.15) is 11.5 Å². The molecule has 0 saturated carbocycles. The van der Waals surface area contributed by atoms with Crippen LogP contribution in [-0.2, 0) is 10.2 Å². The van der Waals surface area contributed by atoms with Gasteiger partial charge in [-0.25, -0.2) is 0 Å². The summed E-state index contributed by atoms with van der Waals surface area (Å²) in [5.74, 6) is 0.460. The summed E-state index contributed by atoms with van der Waals surface area (Å²) in [7, 11) is 1.56. The van der Waals surface area contributed by atoms with Crippen molar-refractivity contribution >= 4 is 34.8 Å². The van der Waals surface area contributed by atoms with Crippen molar-refractivity contribution in [3.8, 4) is 11.5 Å². The molecule has 0 saturated heterocycles. The molecule has 3 aromatic carbocycles. The lowest BCUT2D eigenvalue weighted by molar-refractivity contribution is -0.118. The Morgan fingerprint density at radius 2 is 1.64 bits per heavy atom. The molecule has 0 bridgehead atoms. The van der Waals surface area contributed by atoms with Crippen LogP contribution < -0.4 is 20.1 Å². The number of methoxy groups -OCH3 is 1. The molecule has 0 spiro atoms. The molecular weight excluding hydrogens is 440 g/mol. The van der Waals surface area contributed by atoms with E-state index >= 15 is 0 Å². The Kier molecular flexibility index (Phi) is 7.61. The van der Waals surface area contributed by atoms with Gasteiger partial charge in [0.05, 0.1) is 23.4 Å². The van der Waals surface area contributed by atoms with Crippen LogP contribution in [0.3, 0.4) is 0 Å². The molecule has 0 unspecified atom stereocenters. The molecule has 7 heteroatoms. The number of carbonyl (C=O) groups is 2. The SMILES string of the molecule is COc1ccc(C(C)(C)C)cc1NC(=O)COc1ccc(NC(=O)c2ccccc2Cl)cc1. The predicted octanol–water partition coefficient (Wildman–Crippen LogP) is 5.92. The minimum atomic E-state index is -0.310. The van der Waals surface area contributed by atoms with E-state index < -0.39 is 0 Å². The first kappa shape index (κ1) is 24.1. The van der Waals surface area contributed by atoms with Gasteiger partial charge in [-0.2, -0.15) is 0 Å². The number of amides is 2. The number of anilines is 2. The molecule has 2 N–H and O–H groups in total. The van der Waals surface area contributed by atoms with Crippen LogP contribution in [0.5, 0.6) is 11.5 Å². The maximum atomic E-state index is 12.5. The highest BCUT2D eigenvalue weighted by Crippen LogP contribution is 2.31. The summed E-state index contributed by atoms with van der Waals surface area (Å²) in [5.41, 5.74) is 2.58. The van der Waals surface area contributed by atoms with Crippen molar-refractivity contribution in [1.29, 1.82) is 0 Å². The number of hydrogen-bond donors (Lipinski definition) is 2. The van der Waals surface area contributed by atoms with E-state index in [1.165, 1.54) is 0 Å². The molecule has 172 valence electrons. The number of ether oxygens (including phenoxy) is 2. The number of benzene rings is 3. The molecule has 0 aliphatic rings. The van der Waals surface area contributed by atoms with Crippen LogP contribution in [0.2, 0.25) is 5.02 Å². The summed E-state index contributed by atoms with van der Waals surface area (Å²) in [5, 5.41) is 6.01. The van der Waals surface area contributed by atoms with Crippen molar-refractivity contribution in [2.24, 2.45) is 0 Å². The van der Waals surface area contributed by atoms with Crippen molar-refractivity contribution in [2.75, 3.05) is 24.4 Å². The molecule has 6 nitrogen and oxygen atoms in total. The van der Waals surface area contributed by atoms with Crippen LogP contribution in [0.25, 0.3) is 0 Å². The molecule has 0 heterocycles. The molecule has 3 rings (SSSR count). The monoisotopic (exact) mass is 466 g/mol. The third-order valence-electron chi connectivity index (χ3n) is 4.94. The highest BCUT2D eigenvalue weighted by Gasteiger charge is 2.17. The van der Waals surface area contributed by atoms with E-state index in [1.54, 1.807) is 55.6 Å².